The molecule has 0 aliphatic carbocycles. The molecule has 0 spiro atoms. The normalized spacial score (nSPS) is 9.43. The van der Waals surface area contributed by atoms with Gasteiger partial charge in [-0.3, -0.25) is 9.78 Å². The van der Waals surface area contributed by atoms with Crippen LogP contribution in [0.3, 0.4) is 0 Å². The zero-order valence-corrected chi connectivity index (χ0v) is 7.73. The summed E-state index contributed by atoms with van der Waals surface area (Å²) in [4.78, 5) is 15.1. The molecule has 74 valence electrons. The number of nitrogens with zero attached hydrogens (tertiary/aromatic N) is 1. The molecule has 0 unspecified atom stereocenters. The van der Waals surface area contributed by atoms with Crippen molar-refractivity contribution in [2.24, 2.45) is 0 Å². The summed E-state index contributed by atoms with van der Waals surface area (Å²) in [6, 6.07) is 1.37. The Morgan fingerprint density at radius 3 is 3.07 bits per heavy atom. The lowest BCUT2D eigenvalue weighted by Gasteiger charge is -2.02. The van der Waals surface area contributed by atoms with Crippen molar-refractivity contribution < 1.29 is 9.90 Å². The number of hydrogen-bond donors (Lipinski definition) is 2. The van der Waals surface area contributed by atoms with Gasteiger partial charge in [0.25, 0.3) is 5.91 Å². The number of aromatic nitrogens is 1. The molecule has 0 saturated heterocycles. The minimum absolute atomic E-state index is 0.0126. The number of aromatic hydroxyl groups is 1. The molecular weight excluding hydrogens is 180 g/mol. The molecule has 4 nitrogen and oxygen atoms in total. The van der Waals surface area contributed by atoms with Gasteiger partial charge in [-0.05, 0) is 12.5 Å². The van der Waals surface area contributed by atoms with E-state index in [4.69, 9.17) is 5.11 Å². The third-order valence-corrected chi connectivity index (χ3v) is 1.62. The van der Waals surface area contributed by atoms with Crippen molar-refractivity contribution in [2.45, 2.75) is 6.42 Å². The average Bonchev–Trinajstić information content (AvgIpc) is 2.18. The van der Waals surface area contributed by atoms with Crippen molar-refractivity contribution in [3.05, 3.63) is 36.7 Å². The number of carbonyl (C=O) groups is 1. The first-order chi connectivity index (χ1) is 6.74. The Bertz CT molecular complexity index is 337. The van der Waals surface area contributed by atoms with Gasteiger partial charge in [0.05, 0.1) is 11.8 Å². The summed E-state index contributed by atoms with van der Waals surface area (Å²) >= 11 is 0. The average molecular weight is 192 g/mol. The zero-order valence-electron chi connectivity index (χ0n) is 7.73. The highest BCUT2D eigenvalue weighted by atomic mass is 16.3. The Hall–Kier alpha value is -1.84. The third kappa shape index (κ3) is 2.90. The monoisotopic (exact) mass is 192 g/mol. The first-order valence-electron chi connectivity index (χ1n) is 4.27. The van der Waals surface area contributed by atoms with Gasteiger partial charge in [-0.2, -0.15) is 0 Å². The number of pyridine rings is 1. The summed E-state index contributed by atoms with van der Waals surface area (Å²) < 4.78 is 0. The van der Waals surface area contributed by atoms with Gasteiger partial charge in [0.2, 0.25) is 0 Å². The third-order valence-electron chi connectivity index (χ3n) is 1.62. The Labute approximate surface area is 82.3 Å². The lowest BCUT2D eigenvalue weighted by Crippen LogP contribution is -2.24. The first-order valence-corrected chi connectivity index (χ1v) is 4.27. The molecule has 0 aromatic carbocycles. The van der Waals surface area contributed by atoms with Gasteiger partial charge in [0, 0.05) is 12.7 Å². The van der Waals surface area contributed by atoms with E-state index >= 15 is 0 Å². The van der Waals surface area contributed by atoms with Crippen molar-refractivity contribution in [2.75, 3.05) is 6.54 Å². The standard InChI is InChI=1S/C10H12N2O2/c1-2-3-4-12-10(14)8-5-9(13)7-11-6-8/h2,5-7,13H,1,3-4H2,(H,12,14). The topological polar surface area (TPSA) is 62.2 Å². The van der Waals surface area contributed by atoms with Crippen molar-refractivity contribution in [3.8, 4) is 5.75 Å². The Morgan fingerprint density at radius 2 is 2.43 bits per heavy atom. The zero-order chi connectivity index (χ0) is 10.4. The van der Waals surface area contributed by atoms with E-state index < -0.39 is 0 Å². The molecule has 0 bridgehead atoms. The van der Waals surface area contributed by atoms with Gasteiger partial charge in [-0.15, -0.1) is 6.58 Å². The predicted molar refractivity (Wildman–Crippen MR) is 53.0 cm³/mol. The summed E-state index contributed by atoms with van der Waals surface area (Å²) in [5.41, 5.74) is 0.356. The molecule has 1 heterocycles. The van der Waals surface area contributed by atoms with Gasteiger partial charge < -0.3 is 10.4 Å². The number of nitrogens with one attached hydrogen (secondary N) is 1. The maximum absolute atomic E-state index is 11.4. The second-order valence-electron chi connectivity index (χ2n) is 2.77. The number of rotatable bonds is 4. The number of carbonyl (C=O) groups excluding carboxylic acids is 1. The Morgan fingerprint density at radius 1 is 1.64 bits per heavy atom. The van der Waals surface area contributed by atoms with Crippen molar-refractivity contribution in [3.63, 3.8) is 0 Å². The fraction of sp³-hybridized carbons (Fsp3) is 0.200. The van der Waals surface area contributed by atoms with E-state index in [1.807, 2.05) is 0 Å². The maximum Gasteiger partial charge on any atom is 0.252 e. The van der Waals surface area contributed by atoms with Crippen LogP contribution in [0.5, 0.6) is 5.75 Å². The molecule has 0 radical (unpaired) electrons. The second-order valence-corrected chi connectivity index (χ2v) is 2.77. The molecule has 0 aliphatic heterocycles. The van der Waals surface area contributed by atoms with Crippen LogP contribution >= 0.6 is 0 Å². The van der Waals surface area contributed by atoms with Crippen LogP contribution in [0.15, 0.2) is 31.1 Å². The smallest absolute Gasteiger partial charge is 0.252 e. The van der Waals surface area contributed by atoms with Gasteiger partial charge in [0.1, 0.15) is 5.75 Å². The van der Waals surface area contributed by atoms with Crippen LogP contribution in [0.4, 0.5) is 0 Å². The van der Waals surface area contributed by atoms with Crippen LogP contribution in [0, 0.1) is 0 Å². The maximum atomic E-state index is 11.4. The summed E-state index contributed by atoms with van der Waals surface area (Å²) in [5, 5.41) is 11.7. The quantitative estimate of drug-likeness (QED) is 0.554. The molecular formula is C10H12N2O2. The summed E-state index contributed by atoms with van der Waals surface area (Å²) in [7, 11) is 0. The number of hydrogen-bond acceptors (Lipinski definition) is 3. The van der Waals surface area contributed by atoms with E-state index in [-0.39, 0.29) is 11.7 Å². The molecule has 14 heavy (non-hydrogen) atoms. The van der Waals surface area contributed by atoms with Gasteiger partial charge >= 0.3 is 0 Å². The molecule has 0 fully saturated rings. The van der Waals surface area contributed by atoms with Crippen molar-refractivity contribution >= 4 is 5.91 Å². The molecule has 1 aromatic rings. The highest BCUT2D eigenvalue weighted by Crippen LogP contribution is 2.07. The van der Waals surface area contributed by atoms with E-state index in [2.05, 4.69) is 16.9 Å². The molecule has 1 amide bonds. The first kappa shape index (κ1) is 10.2. The van der Waals surface area contributed by atoms with Crippen LogP contribution in [-0.2, 0) is 0 Å². The molecule has 1 aromatic heterocycles. The Balaban J connectivity index is 2.56. The number of amides is 1. The molecule has 1 rings (SSSR count). The van der Waals surface area contributed by atoms with Gasteiger partial charge in [0.15, 0.2) is 0 Å². The minimum atomic E-state index is -0.241. The predicted octanol–water partition coefficient (Wildman–Crippen LogP) is 1.09. The lowest BCUT2D eigenvalue weighted by atomic mass is 10.2. The largest absolute Gasteiger partial charge is 0.506 e. The summed E-state index contributed by atoms with van der Waals surface area (Å²) in [6.45, 7) is 4.08. The van der Waals surface area contributed by atoms with Crippen LogP contribution in [0.25, 0.3) is 0 Å². The highest BCUT2D eigenvalue weighted by molar-refractivity contribution is 5.94. The van der Waals surface area contributed by atoms with Gasteiger partial charge in [-0.1, -0.05) is 6.08 Å². The van der Waals surface area contributed by atoms with Crippen LogP contribution in [0.1, 0.15) is 16.8 Å². The molecule has 2 N–H and O–H groups in total. The summed E-state index contributed by atoms with van der Waals surface area (Å²) in [6.07, 6.45) is 5.13. The molecule has 4 heteroatoms. The van der Waals surface area contributed by atoms with Crippen LogP contribution in [0.2, 0.25) is 0 Å². The fourth-order valence-corrected chi connectivity index (χ4v) is 0.942. The minimum Gasteiger partial charge on any atom is -0.506 e. The highest BCUT2D eigenvalue weighted by Gasteiger charge is 2.04. The van der Waals surface area contributed by atoms with E-state index in [1.54, 1.807) is 6.08 Å². The van der Waals surface area contributed by atoms with Crippen LogP contribution < -0.4 is 5.32 Å². The van der Waals surface area contributed by atoms with E-state index in [0.29, 0.717) is 12.1 Å². The fourth-order valence-electron chi connectivity index (χ4n) is 0.942. The van der Waals surface area contributed by atoms with E-state index in [9.17, 15) is 4.79 Å². The van der Waals surface area contributed by atoms with Crippen molar-refractivity contribution in [1.29, 1.82) is 0 Å². The van der Waals surface area contributed by atoms with Gasteiger partial charge in [-0.25, -0.2) is 0 Å². The van der Waals surface area contributed by atoms with E-state index in [1.165, 1.54) is 18.5 Å². The van der Waals surface area contributed by atoms with Crippen LogP contribution in [-0.4, -0.2) is 22.5 Å². The van der Waals surface area contributed by atoms with E-state index in [0.717, 1.165) is 6.42 Å². The Kier molecular flexibility index (Phi) is 3.67. The summed E-state index contributed by atoms with van der Waals surface area (Å²) in [5.74, 6) is -0.253. The molecule has 0 aliphatic rings. The molecule has 0 atom stereocenters. The van der Waals surface area contributed by atoms with Crippen molar-refractivity contribution in [1.82, 2.24) is 10.3 Å². The SMILES string of the molecule is C=CCCNC(=O)c1cncc(O)c1. The molecule has 0 saturated carbocycles. The lowest BCUT2D eigenvalue weighted by molar-refractivity contribution is 0.0953. The second kappa shape index (κ2) is 5.01.